The number of nitrogens with one attached hydrogen (secondary N) is 1. The van der Waals surface area contributed by atoms with Crippen LogP contribution in [0.1, 0.15) is 29.9 Å². The minimum Gasteiger partial charge on any atom is -0.469 e. The zero-order valence-electron chi connectivity index (χ0n) is 11.0. The second kappa shape index (κ2) is 5.97. The van der Waals surface area contributed by atoms with Gasteiger partial charge in [-0.2, -0.15) is 0 Å². The lowest BCUT2D eigenvalue weighted by atomic mass is 10.0. The molecule has 19 heavy (non-hydrogen) atoms. The second-order valence-corrected chi connectivity index (χ2v) is 4.54. The van der Waals surface area contributed by atoms with E-state index in [0.29, 0.717) is 12.0 Å². The number of rotatable bonds is 5. The van der Waals surface area contributed by atoms with E-state index in [2.05, 4.69) is 5.32 Å². The molecule has 102 valence electrons. The summed E-state index contributed by atoms with van der Waals surface area (Å²) in [5.74, 6) is -0.00263. The number of likely N-dealkylation sites (N-methyl/N-ethyl adjacent to an activating group) is 1. The molecule has 0 spiro atoms. The molecule has 0 radical (unpaired) electrons. The maximum absolute atomic E-state index is 13.7. The van der Waals surface area contributed by atoms with E-state index >= 15 is 0 Å². The number of hydrogen-bond donors (Lipinski definition) is 1. The van der Waals surface area contributed by atoms with Crippen LogP contribution in [0.5, 0.6) is 0 Å². The number of aryl methyl sites for hydroxylation is 1. The highest BCUT2D eigenvalue weighted by atomic mass is 19.1. The highest BCUT2D eigenvalue weighted by molar-refractivity contribution is 5.24. The van der Waals surface area contributed by atoms with Crippen molar-refractivity contribution < 1.29 is 13.2 Å². The largest absolute Gasteiger partial charge is 0.469 e. The van der Waals surface area contributed by atoms with Crippen LogP contribution < -0.4 is 5.32 Å². The molecule has 0 aliphatic rings. The summed E-state index contributed by atoms with van der Waals surface area (Å²) >= 11 is 0. The molecular weight excluding hydrogens is 248 g/mol. The number of benzene rings is 1. The summed E-state index contributed by atoms with van der Waals surface area (Å²) in [6.45, 7) is 4.57. The molecule has 0 aliphatic carbocycles. The highest BCUT2D eigenvalue weighted by Gasteiger charge is 2.16. The molecule has 0 saturated heterocycles. The van der Waals surface area contributed by atoms with Crippen LogP contribution >= 0.6 is 0 Å². The summed E-state index contributed by atoms with van der Waals surface area (Å²) in [4.78, 5) is 0. The minimum absolute atomic E-state index is 0.0845. The molecule has 0 amide bonds. The molecule has 0 bridgehead atoms. The van der Waals surface area contributed by atoms with Crippen LogP contribution in [0.15, 0.2) is 34.9 Å². The molecular formula is C15H17F2NO. The van der Waals surface area contributed by atoms with Gasteiger partial charge in [-0.15, -0.1) is 0 Å². The molecule has 1 heterocycles. The van der Waals surface area contributed by atoms with E-state index in [4.69, 9.17) is 4.42 Å². The minimum atomic E-state index is -0.421. The van der Waals surface area contributed by atoms with Crippen LogP contribution in [0.25, 0.3) is 0 Å². The molecule has 1 unspecified atom stereocenters. The lowest BCUT2D eigenvalue weighted by molar-refractivity contribution is 0.502. The van der Waals surface area contributed by atoms with Crippen molar-refractivity contribution in [2.45, 2.75) is 26.3 Å². The summed E-state index contributed by atoms with van der Waals surface area (Å²) in [6.07, 6.45) is 2.04. The summed E-state index contributed by atoms with van der Waals surface area (Å²) in [7, 11) is 0. The third-order valence-corrected chi connectivity index (χ3v) is 3.04. The normalized spacial score (nSPS) is 12.6. The van der Waals surface area contributed by atoms with E-state index in [9.17, 15) is 8.78 Å². The first-order chi connectivity index (χ1) is 9.10. The first kappa shape index (κ1) is 13.7. The molecule has 0 aliphatic heterocycles. The third-order valence-electron chi connectivity index (χ3n) is 3.04. The second-order valence-electron chi connectivity index (χ2n) is 4.54. The average Bonchev–Trinajstić information content (AvgIpc) is 2.80. The average molecular weight is 265 g/mol. The summed E-state index contributed by atoms with van der Waals surface area (Å²) in [5.41, 5.74) is 1.31. The predicted molar refractivity (Wildman–Crippen MR) is 69.9 cm³/mol. The lowest BCUT2D eigenvalue weighted by Crippen LogP contribution is -2.23. The van der Waals surface area contributed by atoms with Crippen molar-refractivity contribution in [1.29, 1.82) is 0 Å². The maximum atomic E-state index is 13.7. The van der Waals surface area contributed by atoms with E-state index in [1.54, 1.807) is 6.26 Å². The van der Waals surface area contributed by atoms with Gasteiger partial charge in [-0.1, -0.05) is 6.92 Å². The Morgan fingerprint density at radius 1 is 1.26 bits per heavy atom. The van der Waals surface area contributed by atoms with E-state index in [0.717, 1.165) is 30.0 Å². The Morgan fingerprint density at radius 2 is 2.05 bits per heavy atom. The van der Waals surface area contributed by atoms with Crippen molar-refractivity contribution in [3.63, 3.8) is 0 Å². The number of hydrogen-bond acceptors (Lipinski definition) is 2. The Bertz CT molecular complexity index is 551. The molecule has 1 aromatic carbocycles. The zero-order valence-corrected chi connectivity index (χ0v) is 11.0. The first-order valence-corrected chi connectivity index (χ1v) is 6.32. The molecule has 1 N–H and O–H groups in total. The first-order valence-electron chi connectivity index (χ1n) is 6.32. The van der Waals surface area contributed by atoms with E-state index in [-0.39, 0.29) is 11.9 Å². The van der Waals surface area contributed by atoms with Crippen molar-refractivity contribution in [2.24, 2.45) is 0 Å². The summed E-state index contributed by atoms with van der Waals surface area (Å²) in [6, 6.07) is 5.35. The fourth-order valence-corrected chi connectivity index (χ4v) is 2.12. The van der Waals surface area contributed by atoms with Crippen LogP contribution in [0.3, 0.4) is 0 Å². The van der Waals surface area contributed by atoms with Crippen molar-refractivity contribution in [3.05, 3.63) is 59.1 Å². The van der Waals surface area contributed by atoms with Crippen LogP contribution in [-0.4, -0.2) is 6.54 Å². The number of furan rings is 1. The van der Waals surface area contributed by atoms with Gasteiger partial charge in [0.25, 0.3) is 0 Å². The van der Waals surface area contributed by atoms with Gasteiger partial charge in [-0.05, 0) is 49.7 Å². The molecule has 2 nitrogen and oxygen atoms in total. The molecule has 2 aromatic rings. The zero-order chi connectivity index (χ0) is 13.8. The Balaban J connectivity index is 2.23. The van der Waals surface area contributed by atoms with Gasteiger partial charge in [-0.25, -0.2) is 8.78 Å². The lowest BCUT2D eigenvalue weighted by Gasteiger charge is -2.16. The van der Waals surface area contributed by atoms with Gasteiger partial charge in [0.15, 0.2) is 0 Å². The van der Waals surface area contributed by atoms with Gasteiger partial charge < -0.3 is 9.73 Å². The topological polar surface area (TPSA) is 25.2 Å². The van der Waals surface area contributed by atoms with Crippen molar-refractivity contribution >= 4 is 0 Å². The van der Waals surface area contributed by atoms with Crippen molar-refractivity contribution in [1.82, 2.24) is 5.32 Å². The molecule has 1 atom stereocenters. The van der Waals surface area contributed by atoms with Crippen LogP contribution in [-0.2, 0) is 6.42 Å². The third kappa shape index (κ3) is 3.41. The van der Waals surface area contributed by atoms with Gasteiger partial charge in [-0.3, -0.25) is 0 Å². The fraction of sp³-hybridized carbons (Fsp3) is 0.333. The van der Waals surface area contributed by atoms with Crippen LogP contribution in [0.4, 0.5) is 8.78 Å². The highest BCUT2D eigenvalue weighted by Crippen LogP contribution is 2.22. The summed E-state index contributed by atoms with van der Waals surface area (Å²) < 4.78 is 32.1. The van der Waals surface area contributed by atoms with Crippen LogP contribution in [0, 0.1) is 18.6 Å². The summed E-state index contributed by atoms with van der Waals surface area (Å²) in [5, 5.41) is 3.26. The molecule has 0 fully saturated rings. The van der Waals surface area contributed by atoms with Gasteiger partial charge in [0, 0.05) is 11.6 Å². The van der Waals surface area contributed by atoms with E-state index in [1.165, 1.54) is 6.07 Å². The van der Waals surface area contributed by atoms with Gasteiger partial charge in [0.05, 0.1) is 6.26 Å². The van der Waals surface area contributed by atoms with Crippen LogP contribution in [0.2, 0.25) is 0 Å². The Kier molecular flexibility index (Phi) is 4.32. The Labute approximate surface area is 111 Å². The standard InChI is InChI=1S/C15H17F2NO/c1-3-18-15(12-6-10(2)19-9-12)8-11-7-13(16)4-5-14(11)17/h4-7,9,15,18H,3,8H2,1-2H3. The van der Waals surface area contributed by atoms with E-state index in [1.807, 2.05) is 19.9 Å². The smallest absolute Gasteiger partial charge is 0.126 e. The van der Waals surface area contributed by atoms with Crippen molar-refractivity contribution in [3.8, 4) is 0 Å². The molecule has 0 saturated carbocycles. The molecule has 1 aromatic heterocycles. The Hall–Kier alpha value is -1.68. The molecule has 2 rings (SSSR count). The monoisotopic (exact) mass is 265 g/mol. The predicted octanol–water partition coefficient (Wildman–Crippen LogP) is 3.76. The Morgan fingerprint density at radius 3 is 2.68 bits per heavy atom. The fourth-order valence-electron chi connectivity index (χ4n) is 2.12. The maximum Gasteiger partial charge on any atom is 0.126 e. The van der Waals surface area contributed by atoms with Gasteiger partial charge in [0.2, 0.25) is 0 Å². The van der Waals surface area contributed by atoms with Gasteiger partial charge >= 0.3 is 0 Å². The van der Waals surface area contributed by atoms with E-state index < -0.39 is 5.82 Å². The quantitative estimate of drug-likeness (QED) is 0.890. The number of halogens is 2. The molecule has 4 heteroatoms. The van der Waals surface area contributed by atoms with Gasteiger partial charge in [0.1, 0.15) is 17.4 Å². The van der Waals surface area contributed by atoms with Crippen molar-refractivity contribution in [2.75, 3.05) is 6.54 Å². The SMILES string of the molecule is CCNC(Cc1cc(F)ccc1F)c1coc(C)c1.